The molecule has 0 saturated heterocycles. The third-order valence-electron chi connectivity index (χ3n) is 3.25. The van der Waals surface area contributed by atoms with Crippen molar-refractivity contribution >= 4 is 18.0 Å². The molecule has 0 saturated carbocycles. The van der Waals surface area contributed by atoms with E-state index in [1.54, 1.807) is 6.07 Å². The average molecular weight is 314 g/mol. The van der Waals surface area contributed by atoms with Crippen LogP contribution >= 0.6 is 0 Å². The van der Waals surface area contributed by atoms with Crippen molar-refractivity contribution in [2.45, 2.75) is 26.2 Å². The average Bonchev–Trinajstić information content (AvgIpc) is 2.55. The molecule has 23 heavy (non-hydrogen) atoms. The molecule has 6 heteroatoms. The molecule has 0 heterocycles. The maximum absolute atomic E-state index is 12.3. The first-order chi connectivity index (χ1) is 11.0. The summed E-state index contributed by atoms with van der Waals surface area (Å²) in [5, 5.41) is 11.9. The molecule has 0 aliphatic heterocycles. The van der Waals surface area contributed by atoms with Crippen molar-refractivity contribution < 1.29 is 9.59 Å². The fourth-order valence-electron chi connectivity index (χ4n) is 2.03. The summed E-state index contributed by atoms with van der Waals surface area (Å²) in [6, 6.07) is 9.25. The highest BCUT2D eigenvalue weighted by Gasteiger charge is 2.14. The fraction of sp³-hybridized carbons (Fsp3) is 0.353. The van der Waals surface area contributed by atoms with Crippen molar-refractivity contribution in [2.75, 3.05) is 18.4 Å². The maximum Gasteiger partial charge on any atom is 0.267 e. The van der Waals surface area contributed by atoms with E-state index in [0.29, 0.717) is 31.6 Å². The number of amides is 2. The van der Waals surface area contributed by atoms with Gasteiger partial charge in [-0.05, 0) is 30.5 Å². The van der Waals surface area contributed by atoms with E-state index in [1.807, 2.05) is 38.1 Å². The largest absolute Gasteiger partial charge is 0.330 e. The zero-order chi connectivity index (χ0) is 17.2. The summed E-state index contributed by atoms with van der Waals surface area (Å²) < 4.78 is 0. The van der Waals surface area contributed by atoms with Crippen LogP contribution in [0, 0.1) is 11.3 Å². The number of nitrogens with two attached hydrogens (primary N) is 1. The third kappa shape index (κ3) is 5.57. The number of nitrogens with zero attached hydrogens (tertiary/aromatic N) is 2. The summed E-state index contributed by atoms with van der Waals surface area (Å²) >= 11 is 0. The van der Waals surface area contributed by atoms with Crippen molar-refractivity contribution in [1.82, 2.24) is 4.90 Å². The van der Waals surface area contributed by atoms with Gasteiger partial charge in [-0.25, -0.2) is 0 Å². The number of nitrogens with one attached hydrogen (secondary N) is 1. The number of carbonyl (C=O) groups excluding carboxylic acids is 2. The van der Waals surface area contributed by atoms with E-state index in [2.05, 4.69) is 5.32 Å². The summed E-state index contributed by atoms with van der Waals surface area (Å²) in [7, 11) is 0. The van der Waals surface area contributed by atoms with Crippen molar-refractivity contribution in [3.63, 3.8) is 0 Å². The summed E-state index contributed by atoms with van der Waals surface area (Å²) in [5.41, 5.74) is 6.90. The van der Waals surface area contributed by atoms with E-state index >= 15 is 0 Å². The van der Waals surface area contributed by atoms with Crippen LogP contribution in [-0.2, 0) is 9.59 Å². The summed E-state index contributed by atoms with van der Waals surface area (Å²) in [4.78, 5) is 24.5. The Labute approximate surface area is 136 Å². The van der Waals surface area contributed by atoms with Crippen LogP contribution in [0.2, 0.25) is 0 Å². The van der Waals surface area contributed by atoms with Crippen molar-refractivity contribution in [3.8, 4) is 6.07 Å². The van der Waals surface area contributed by atoms with E-state index < -0.39 is 5.91 Å². The van der Waals surface area contributed by atoms with Gasteiger partial charge in [-0.2, -0.15) is 5.26 Å². The Morgan fingerprint density at radius 2 is 2.13 bits per heavy atom. The maximum atomic E-state index is 12.3. The molecular formula is C17H22N4O2. The van der Waals surface area contributed by atoms with Crippen molar-refractivity contribution in [1.29, 1.82) is 5.26 Å². The van der Waals surface area contributed by atoms with Gasteiger partial charge in [0.15, 0.2) is 0 Å². The number of rotatable bonds is 8. The van der Waals surface area contributed by atoms with E-state index in [0.717, 1.165) is 5.56 Å². The van der Waals surface area contributed by atoms with Crippen LogP contribution in [0.3, 0.4) is 0 Å². The molecule has 3 N–H and O–H groups in total. The van der Waals surface area contributed by atoms with Gasteiger partial charge in [-0.1, -0.05) is 32.0 Å². The number of hydrogen-bond donors (Lipinski definition) is 2. The van der Waals surface area contributed by atoms with Gasteiger partial charge in [0.2, 0.25) is 6.41 Å². The van der Waals surface area contributed by atoms with Crippen LogP contribution < -0.4 is 11.1 Å². The van der Waals surface area contributed by atoms with Gasteiger partial charge < -0.3 is 16.0 Å². The Morgan fingerprint density at radius 3 is 2.70 bits per heavy atom. The summed E-state index contributed by atoms with van der Waals surface area (Å²) in [6.07, 6.45) is 2.41. The standard InChI is InChI=1S/C17H22N4O2/c1-13(2)15-6-3-4-7-16(15)20-17(23)14(10-19)11-21(12-22)9-5-8-18/h3-4,6-7,11-13H,5,8-9,18H2,1-2H3,(H,20,23)/b14-11-. The Bertz CT molecular complexity index is 617. The molecule has 0 unspecified atom stereocenters. The topological polar surface area (TPSA) is 99.2 Å². The van der Waals surface area contributed by atoms with Crippen LogP contribution in [0.15, 0.2) is 36.0 Å². The Kier molecular flexibility index (Phi) is 7.51. The number of anilines is 1. The lowest BCUT2D eigenvalue weighted by atomic mass is 10.0. The number of carbonyl (C=O) groups is 2. The van der Waals surface area contributed by atoms with E-state index in [9.17, 15) is 14.9 Å². The molecule has 0 aromatic heterocycles. The smallest absolute Gasteiger partial charge is 0.267 e. The van der Waals surface area contributed by atoms with Crippen molar-refractivity contribution in [2.24, 2.45) is 5.73 Å². The molecule has 6 nitrogen and oxygen atoms in total. The fourth-order valence-corrected chi connectivity index (χ4v) is 2.03. The quantitative estimate of drug-likeness (QED) is 0.435. The highest BCUT2D eigenvalue weighted by atomic mass is 16.2. The minimum absolute atomic E-state index is 0.132. The minimum atomic E-state index is -0.541. The first-order valence-corrected chi connectivity index (χ1v) is 7.46. The molecular weight excluding hydrogens is 292 g/mol. The van der Waals surface area contributed by atoms with Crippen LogP contribution in [0.4, 0.5) is 5.69 Å². The highest BCUT2D eigenvalue weighted by Crippen LogP contribution is 2.24. The van der Waals surface area contributed by atoms with E-state index in [1.165, 1.54) is 11.1 Å². The molecule has 1 rings (SSSR count). The third-order valence-corrected chi connectivity index (χ3v) is 3.25. The molecule has 1 aromatic carbocycles. The predicted molar refractivity (Wildman–Crippen MR) is 89.3 cm³/mol. The lowest BCUT2D eigenvalue weighted by molar-refractivity contribution is -0.116. The van der Waals surface area contributed by atoms with Gasteiger partial charge in [-0.3, -0.25) is 9.59 Å². The minimum Gasteiger partial charge on any atom is -0.330 e. The molecule has 0 spiro atoms. The molecule has 0 aliphatic carbocycles. The van der Waals surface area contributed by atoms with Crippen LogP contribution in [0.1, 0.15) is 31.7 Å². The van der Waals surface area contributed by atoms with Crippen LogP contribution in [0.5, 0.6) is 0 Å². The number of nitriles is 1. The Hall–Kier alpha value is -2.65. The van der Waals surface area contributed by atoms with Gasteiger partial charge in [-0.15, -0.1) is 0 Å². The highest BCUT2D eigenvalue weighted by molar-refractivity contribution is 6.07. The van der Waals surface area contributed by atoms with Gasteiger partial charge in [0.1, 0.15) is 11.6 Å². The molecule has 0 radical (unpaired) electrons. The summed E-state index contributed by atoms with van der Waals surface area (Å²) in [5.74, 6) is -0.308. The van der Waals surface area contributed by atoms with E-state index in [-0.39, 0.29) is 11.5 Å². The van der Waals surface area contributed by atoms with Gasteiger partial charge >= 0.3 is 0 Å². The van der Waals surface area contributed by atoms with Crippen molar-refractivity contribution in [3.05, 3.63) is 41.6 Å². The van der Waals surface area contributed by atoms with E-state index in [4.69, 9.17) is 5.73 Å². The van der Waals surface area contributed by atoms with Crippen LogP contribution in [0.25, 0.3) is 0 Å². The van der Waals surface area contributed by atoms with Gasteiger partial charge in [0.25, 0.3) is 5.91 Å². The van der Waals surface area contributed by atoms with Gasteiger partial charge in [0, 0.05) is 18.4 Å². The molecule has 0 aliphatic rings. The molecule has 2 amide bonds. The second kappa shape index (κ2) is 9.38. The lowest BCUT2D eigenvalue weighted by Crippen LogP contribution is -2.22. The van der Waals surface area contributed by atoms with Crippen LogP contribution in [-0.4, -0.2) is 30.3 Å². The SMILES string of the molecule is CC(C)c1ccccc1NC(=O)/C(C#N)=C\N(C=O)CCCN. The lowest BCUT2D eigenvalue weighted by Gasteiger charge is -2.15. The zero-order valence-corrected chi connectivity index (χ0v) is 13.5. The number of para-hydroxylation sites is 1. The second-order valence-electron chi connectivity index (χ2n) is 5.34. The molecule has 1 aromatic rings. The monoisotopic (exact) mass is 314 g/mol. The number of hydrogen-bond acceptors (Lipinski definition) is 4. The molecule has 122 valence electrons. The Balaban J connectivity index is 2.94. The number of benzene rings is 1. The molecule has 0 fully saturated rings. The Morgan fingerprint density at radius 1 is 1.43 bits per heavy atom. The second-order valence-corrected chi connectivity index (χ2v) is 5.34. The zero-order valence-electron chi connectivity index (χ0n) is 13.5. The molecule has 0 bridgehead atoms. The van der Waals surface area contributed by atoms with Gasteiger partial charge in [0.05, 0.1) is 0 Å². The normalized spacial score (nSPS) is 11.0. The predicted octanol–water partition coefficient (Wildman–Crippen LogP) is 1.96. The first kappa shape index (κ1) is 18.4. The first-order valence-electron chi connectivity index (χ1n) is 7.46. The summed E-state index contributed by atoms with van der Waals surface area (Å²) in [6.45, 7) is 4.83. The molecule has 0 atom stereocenters.